The molecule has 7 heteroatoms. The Hall–Kier alpha value is -5.04. The Morgan fingerprint density at radius 1 is 0.773 bits per heavy atom. The SMILES string of the molecule is CC(=O)O/N=C(\C)c1ccc(-n2cc(/C(CCCCC(C)c3ccccc3)=N/OC(C)=O)c3c4ccccc4ccc32)cc1. The summed E-state index contributed by atoms with van der Waals surface area (Å²) in [5.74, 6) is -0.451. The van der Waals surface area contributed by atoms with Crippen LogP contribution in [0.4, 0.5) is 0 Å². The Bertz CT molecular complexity index is 1840. The van der Waals surface area contributed by atoms with E-state index in [2.05, 4.69) is 76.5 Å². The van der Waals surface area contributed by atoms with Crippen LogP contribution in [0.15, 0.2) is 108 Å². The van der Waals surface area contributed by atoms with Crippen molar-refractivity contribution in [3.05, 3.63) is 114 Å². The van der Waals surface area contributed by atoms with E-state index >= 15 is 0 Å². The molecule has 1 heterocycles. The second-order valence-electron chi connectivity index (χ2n) is 11.1. The molecule has 0 amide bonds. The smallest absolute Gasteiger partial charge is 0.318 e. The average Bonchev–Trinajstić information content (AvgIpc) is 3.43. The minimum Gasteiger partial charge on any atom is -0.318 e. The van der Waals surface area contributed by atoms with E-state index in [0.717, 1.165) is 63.5 Å². The van der Waals surface area contributed by atoms with Crippen LogP contribution in [0.25, 0.3) is 27.4 Å². The second-order valence-corrected chi connectivity index (χ2v) is 11.1. The summed E-state index contributed by atoms with van der Waals surface area (Å²) in [5, 5.41) is 11.6. The molecule has 44 heavy (non-hydrogen) atoms. The van der Waals surface area contributed by atoms with Crippen molar-refractivity contribution in [2.24, 2.45) is 10.3 Å². The standard InChI is InChI=1S/C37H37N3O4/c1-25(29-13-6-5-7-14-29)12-8-11-17-35(39-44-28(4)42)34-24-40(36-23-20-31-15-9-10-16-33(31)37(34)36)32-21-18-30(19-22-32)26(2)38-43-27(3)41/h5-7,9-10,13-16,18-25H,8,11-12,17H2,1-4H3/b38-26+,39-35+. The van der Waals surface area contributed by atoms with E-state index in [1.807, 2.05) is 42.5 Å². The molecule has 1 atom stereocenters. The van der Waals surface area contributed by atoms with Gasteiger partial charge in [-0.1, -0.05) is 96.5 Å². The molecule has 7 nitrogen and oxygen atoms in total. The Labute approximate surface area is 257 Å². The van der Waals surface area contributed by atoms with Gasteiger partial charge in [0.25, 0.3) is 0 Å². The first-order valence-electron chi connectivity index (χ1n) is 15.0. The first-order chi connectivity index (χ1) is 21.3. The Kier molecular flexibility index (Phi) is 9.65. The van der Waals surface area contributed by atoms with Crippen molar-refractivity contribution in [2.75, 3.05) is 0 Å². The largest absolute Gasteiger partial charge is 0.331 e. The van der Waals surface area contributed by atoms with Crippen LogP contribution in [0.5, 0.6) is 0 Å². The van der Waals surface area contributed by atoms with Crippen LogP contribution >= 0.6 is 0 Å². The van der Waals surface area contributed by atoms with E-state index in [1.54, 1.807) is 6.92 Å². The number of oxime groups is 2. The maximum Gasteiger partial charge on any atom is 0.331 e. The molecule has 224 valence electrons. The molecule has 5 rings (SSSR count). The first-order valence-corrected chi connectivity index (χ1v) is 15.0. The zero-order chi connectivity index (χ0) is 31.1. The fourth-order valence-corrected chi connectivity index (χ4v) is 5.53. The lowest BCUT2D eigenvalue weighted by Gasteiger charge is -2.12. The maximum absolute atomic E-state index is 11.9. The fourth-order valence-electron chi connectivity index (χ4n) is 5.53. The second kappa shape index (κ2) is 14.0. The van der Waals surface area contributed by atoms with Gasteiger partial charge in [0.15, 0.2) is 0 Å². The van der Waals surface area contributed by atoms with Gasteiger partial charge in [0.2, 0.25) is 0 Å². The van der Waals surface area contributed by atoms with Gasteiger partial charge in [-0.15, -0.1) is 0 Å². The van der Waals surface area contributed by atoms with E-state index < -0.39 is 11.9 Å². The highest BCUT2D eigenvalue weighted by Crippen LogP contribution is 2.34. The Morgan fingerprint density at radius 3 is 2.18 bits per heavy atom. The molecule has 0 aliphatic rings. The van der Waals surface area contributed by atoms with Crippen LogP contribution in [0, 0.1) is 0 Å². The van der Waals surface area contributed by atoms with Gasteiger partial charge >= 0.3 is 11.9 Å². The van der Waals surface area contributed by atoms with Crippen LogP contribution < -0.4 is 0 Å². The van der Waals surface area contributed by atoms with Crippen LogP contribution in [0.1, 0.15) is 76.0 Å². The molecule has 0 saturated carbocycles. The van der Waals surface area contributed by atoms with Crippen molar-refractivity contribution in [3.8, 4) is 5.69 Å². The van der Waals surface area contributed by atoms with Gasteiger partial charge in [0.1, 0.15) is 0 Å². The van der Waals surface area contributed by atoms with E-state index in [-0.39, 0.29) is 0 Å². The van der Waals surface area contributed by atoms with E-state index in [0.29, 0.717) is 18.1 Å². The number of fused-ring (bicyclic) bond motifs is 3. The number of carbonyl (C=O) groups excluding carboxylic acids is 2. The van der Waals surface area contributed by atoms with Gasteiger partial charge in [-0.3, -0.25) is 0 Å². The zero-order valence-corrected chi connectivity index (χ0v) is 25.6. The van der Waals surface area contributed by atoms with Crippen LogP contribution in [-0.2, 0) is 19.3 Å². The minimum atomic E-state index is -0.462. The molecular formula is C37H37N3O4. The summed E-state index contributed by atoms with van der Waals surface area (Å²) < 4.78 is 2.14. The normalized spacial score (nSPS) is 12.8. The predicted molar refractivity (Wildman–Crippen MR) is 176 cm³/mol. The number of carbonyl (C=O) groups is 2. The lowest BCUT2D eigenvalue weighted by molar-refractivity contribution is -0.141. The third-order valence-corrected chi connectivity index (χ3v) is 7.83. The summed E-state index contributed by atoms with van der Waals surface area (Å²) in [6.07, 6.45) is 5.74. The van der Waals surface area contributed by atoms with Gasteiger partial charge in [-0.25, -0.2) is 9.59 Å². The predicted octanol–water partition coefficient (Wildman–Crippen LogP) is 8.70. The van der Waals surface area contributed by atoms with E-state index in [1.165, 1.54) is 19.4 Å². The summed E-state index contributed by atoms with van der Waals surface area (Å²) in [5.41, 5.74) is 6.44. The topological polar surface area (TPSA) is 82.2 Å². The summed E-state index contributed by atoms with van der Waals surface area (Å²) in [6, 6.07) is 31.0. The third kappa shape index (κ3) is 7.11. The van der Waals surface area contributed by atoms with Crippen molar-refractivity contribution >= 4 is 45.0 Å². The van der Waals surface area contributed by atoms with Gasteiger partial charge in [0.05, 0.1) is 16.9 Å². The van der Waals surface area contributed by atoms with Gasteiger partial charge < -0.3 is 14.2 Å². The van der Waals surface area contributed by atoms with Crippen molar-refractivity contribution in [1.82, 2.24) is 4.57 Å². The lowest BCUT2D eigenvalue weighted by Crippen LogP contribution is -2.05. The summed E-state index contributed by atoms with van der Waals surface area (Å²) in [6.45, 7) is 6.75. The lowest BCUT2D eigenvalue weighted by atomic mass is 9.94. The first kappa shape index (κ1) is 30.4. The number of benzene rings is 4. The highest BCUT2D eigenvalue weighted by Gasteiger charge is 2.19. The molecule has 0 fully saturated rings. The molecule has 1 unspecified atom stereocenters. The van der Waals surface area contributed by atoms with Gasteiger partial charge in [-0.05, 0) is 72.2 Å². The van der Waals surface area contributed by atoms with Crippen molar-refractivity contribution in [3.63, 3.8) is 0 Å². The van der Waals surface area contributed by atoms with E-state index in [9.17, 15) is 9.59 Å². The van der Waals surface area contributed by atoms with Gasteiger partial charge in [0, 0.05) is 36.7 Å². The molecule has 0 spiro atoms. The van der Waals surface area contributed by atoms with Gasteiger partial charge in [-0.2, -0.15) is 0 Å². The maximum atomic E-state index is 11.9. The number of hydrogen-bond acceptors (Lipinski definition) is 6. The molecular weight excluding hydrogens is 550 g/mol. The van der Waals surface area contributed by atoms with Crippen molar-refractivity contribution in [1.29, 1.82) is 0 Å². The van der Waals surface area contributed by atoms with Crippen molar-refractivity contribution in [2.45, 2.75) is 59.3 Å². The number of unbranched alkanes of at least 4 members (excludes halogenated alkanes) is 1. The van der Waals surface area contributed by atoms with Crippen LogP contribution in [0.2, 0.25) is 0 Å². The number of nitrogens with zero attached hydrogens (tertiary/aromatic N) is 3. The molecule has 4 aromatic carbocycles. The van der Waals surface area contributed by atoms with Crippen LogP contribution in [0.3, 0.4) is 0 Å². The molecule has 0 aliphatic heterocycles. The molecule has 1 aromatic heterocycles. The highest BCUT2D eigenvalue weighted by atomic mass is 16.7. The minimum absolute atomic E-state index is 0.449. The Morgan fingerprint density at radius 2 is 1.45 bits per heavy atom. The quantitative estimate of drug-likeness (QED) is 0.0670. The molecule has 0 aliphatic carbocycles. The molecule has 0 bridgehead atoms. The Balaban J connectivity index is 1.51. The summed E-state index contributed by atoms with van der Waals surface area (Å²) >= 11 is 0. The monoisotopic (exact) mass is 587 g/mol. The number of aromatic nitrogens is 1. The summed E-state index contributed by atoms with van der Waals surface area (Å²) in [7, 11) is 0. The summed E-state index contributed by atoms with van der Waals surface area (Å²) in [4.78, 5) is 33.1. The third-order valence-electron chi connectivity index (χ3n) is 7.83. The number of hydrogen-bond donors (Lipinski definition) is 0. The molecule has 5 aromatic rings. The zero-order valence-electron chi connectivity index (χ0n) is 25.6. The fraction of sp³-hybridized carbons (Fsp3) is 0.243. The number of rotatable bonds is 11. The van der Waals surface area contributed by atoms with E-state index in [4.69, 9.17) is 9.68 Å². The van der Waals surface area contributed by atoms with Crippen molar-refractivity contribution < 1.29 is 19.3 Å². The highest BCUT2D eigenvalue weighted by molar-refractivity contribution is 6.19. The molecule has 0 radical (unpaired) electrons. The molecule has 0 saturated heterocycles. The average molecular weight is 588 g/mol. The molecule has 0 N–H and O–H groups in total. The van der Waals surface area contributed by atoms with Crippen LogP contribution in [-0.4, -0.2) is 27.9 Å².